The van der Waals surface area contributed by atoms with Gasteiger partial charge in [0.15, 0.2) is 0 Å². The van der Waals surface area contributed by atoms with E-state index in [2.05, 4.69) is 0 Å². The lowest BCUT2D eigenvalue weighted by Crippen LogP contribution is -2.30. The van der Waals surface area contributed by atoms with Crippen LogP contribution >= 0.6 is 0 Å². The number of ether oxygens (including phenoxy) is 2. The third-order valence-corrected chi connectivity index (χ3v) is 6.64. The van der Waals surface area contributed by atoms with E-state index in [9.17, 15) is 17.6 Å². The quantitative estimate of drug-likeness (QED) is 0.499. The highest BCUT2D eigenvalue weighted by Gasteiger charge is 2.47. The monoisotopic (exact) mass is 477 g/mol. The van der Waals surface area contributed by atoms with E-state index >= 15 is 0 Å². The molecule has 2 heterocycles. The fraction of sp³-hybridized carbons (Fsp3) is 0.480. The Morgan fingerprint density at radius 2 is 1.82 bits per heavy atom. The lowest BCUT2D eigenvalue weighted by Gasteiger charge is -2.25. The molecule has 0 bridgehead atoms. The van der Waals surface area contributed by atoms with Crippen molar-refractivity contribution in [2.45, 2.75) is 31.5 Å². The molecule has 0 unspecified atom stereocenters. The molecule has 0 amide bonds. The minimum atomic E-state index is -4.27. The molecule has 5 nitrogen and oxygen atoms in total. The second-order valence-electron chi connectivity index (χ2n) is 8.87. The molecule has 0 saturated carbocycles. The maximum atomic E-state index is 14.3. The Bertz CT molecular complexity index is 1020. The van der Waals surface area contributed by atoms with Crippen molar-refractivity contribution in [1.29, 1.82) is 5.26 Å². The lowest BCUT2D eigenvalue weighted by atomic mass is 10.0. The van der Waals surface area contributed by atoms with E-state index in [4.69, 9.17) is 14.7 Å². The number of rotatable bonds is 7. The van der Waals surface area contributed by atoms with Gasteiger partial charge in [-0.1, -0.05) is 0 Å². The first kappa shape index (κ1) is 24.0. The van der Waals surface area contributed by atoms with Gasteiger partial charge in [0, 0.05) is 43.3 Å². The van der Waals surface area contributed by atoms with Gasteiger partial charge in [-0.2, -0.15) is 18.4 Å². The summed E-state index contributed by atoms with van der Waals surface area (Å²) in [5.41, 5.74) is 1.17. The highest BCUT2D eigenvalue weighted by Crippen LogP contribution is 2.40. The fourth-order valence-electron chi connectivity index (χ4n) is 4.77. The molecule has 4 rings (SSSR count). The van der Waals surface area contributed by atoms with Crippen LogP contribution in [-0.2, 0) is 0 Å². The number of nitrogens with zero attached hydrogens (tertiary/aromatic N) is 3. The van der Waals surface area contributed by atoms with Crippen LogP contribution in [0.15, 0.2) is 42.5 Å². The molecule has 2 aliphatic heterocycles. The Hall–Kier alpha value is -3.15. The van der Waals surface area contributed by atoms with E-state index < -0.39 is 18.1 Å². The largest absolute Gasteiger partial charge is 0.497 e. The molecule has 3 atom stereocenters. The van der Waals surface area contributed by atoms with Crippen molar-refractivity contribution in [2.24, 2.45) is 11.8 Å². The van der Waals surface area contributed by atoms with Gasteiger partial charge < -0.3 is 19.3 Å². The topological polar surface area (TPSA) is 48.7 Å². The van der Waals surface area contributed by atoms with E-state index in [1.165, 1.54) is 6.07 Å². The zero-order chi connectivity index (χ0) is 24.3. The van der Waals surface area contributed by atoms with Gasteiger partial charge >= 0.3 is 6.18 Å². The maximum absolute atomic E-state index is 14.3. The van der Waals surface area contributed by atoms with E-state index in [0.29, 0.717) is 42.6 Å². The number of anilines is 2. The summed E-state index contributed by atoms with van der Waals surface area (Å²) in [6.07, 6.45) is -3.43. The number of halogens is 4. The second kappa shape index (κ2) is 10.00. The summed E-state index contributed by atoms with van der Waals surface area (Å²) in [5, 5.41) is 9.02. The van der Waals surface area contributed by atoms with Gasteiger partial charge in [0.2, 0.25) is 0 Å². The van der Waals surface area contributed by atoms with Crippen molar-refractivity contribution in [1.82, 2.24) is 0 Å². The van der Waals surface area contributed by atoms with Crippen molar-refractivity contribution in [3.8, 4) is 17.6 Å². The predicted octanol–water partition coefficient (Wildman–Crippen LogP) is 5.41. The van der Waals surface area contributed by atoms with Gasteiger partial charge in [0.05, 0.1) is 37.8 Å². The van der Waals surface area contributed by atoms with Crippen molar-refractivity contribution < 1.29 is 27.0 Å². The highest BCUT2D eigenvalue weighted by molar-refractivity contribution is 5.53. The Morgan fingerprint density at radius 3 is 2.50 bits per heavy atom. The highest BCUT2D eigenvalue weighted by atomic mass is 19.4. The number of methoxy groups -OCH3 is 1. The van der Waals surface area contributed by atoms with Crippen LogP contribution in [0.25, 0.3) is 0 Å². The summed E-state index contributed by atoms with van der Waals surface area (Å²) < 4.78 is 65.0. The molecule has 0 N–H and O–H groups in total. The zero-order valence-electron chi connectivity index (χ0n) is 18.9. The Kier molecular flexibility index (Phi) is 7.05. The molecule has 2 aromatic carbocycles. The van der Waals surface area contributed by atoms with Crippen LogP contribution < -0.4 is 19.3 Å². The van der Waals surface area contributed by atoms with Crippen molar-refractivity contribution in [2.75, 3.05) is 43.2 Å². The van der Waals surface area contributed by atoms with Crippen LogP contribution in [-0.4, -0.2) is 45.6 Å². The number of hydrogen-bond acceptors (Lipinski definition) is 5. The average molecular weight is 478 g/mol. The summed E-state index contributed by atoms with van der Waals surface area (Å²) in [6.45, 7) is 1.68. The molecule has 0 aromatic heterocycles. The number of alkyl halides is 3. The van der Waals surface area contributed by atoms with Crippen molar-refractivity contribution in [3.63, 3.8) is 0 Å². The van der Waals surface area contributed by atoms with Crippen molar-refractivity contribution in [3.05, 3.63) is 48.3 Å². The molecule has 0 radical (unpaired) electrons. The Labute approximate surface area is 196 Å². The van der Waals surface area contributed by atoms with Crippen LogP contribution in [0.4, 0.5) is 28.9 Å². The van der Waals surface area contributed by atoms with Gasteiger partial charge in [-0.05, 0) is 49.2 Å². The Morgan fingerprint density at radius 1 is 1.09 bits per heavy atom. The third kappa shape index (κ3) is 5.32. The molecule has 2 saturated heterocycles. The van der Waals surface area contributed by atoms with E-state index in [1.807, 2.05) is 11.0 Å². The van der Waals surface area contributed by atoms with Gasteiger partial charge in [0.25, 0.3) is 0 Å². The number of hydrogen-bond donors (Lipinski definition) is 0. The molecular formula is C25H27F4N3O2. The third-order valence-electron chi connectivity index (χ3n) is 6.64. The number of nitriles is 1. The fourth-order valence-corrected chi connectivity index (χ4v) is 4.77. The summed E-state index contributed by atoms with van der Waals surface area (Å²) >= 11 is 0. The zero-order valence-corrected chi connectivity index (χ0v) is 18.9. The van der Waals surface area contributed by atoms with E-state index in [-0.39, 0.29) is 31.1 Å². The first-order chi connectivity index (χ1) is 16.3. The molecule has 182 valence electrons. The second-order valence-corrected chi connectivity index (χ2v) is 8.87. The van der Waals surface area contributed by atoms with Crippen molar-refractivity contribution >= 4 is 11.4 Å². The van der Waals surface area contributed by atoms with Crippen LogP contribution in [0.1, 0.15) is 19.3 Å². The number of benzene rings is 2. The molecule has 0 spiro atoms. The lowest BCUT2D eigenvalue weighted by molar-refractivity contribution is -0.168. The summed E-state index contributed by atoms with van der Waals surface area (Å²) in [5.74, 6) is -0.272. The first-order valence-electron chi connectivity index (χ1n) is 11.3. The summed E-state index contributed by atoms with van der Waals surface area (Å²) in [6, 6.07) is 13.2. The van der Waals surface area contributed by atoms with Gasteiger partial charge in [-0.15, -0.1) is 0 Å². The van der Waals surface area contributed by atoms with Crippen LogP contribution in [0, 0.1) is 29.0 Å². The molecule has 0 aliphatic carbocycles. The van der Waals surface area contributed by atoms with E-state index in [1.54, 1.807) is 48.4 Å². The predicted molar refractivity (Wildman–Crippen MR) is 121 cm³/mol. The molecule has 2 aliphatic rings. The normalized spacial score (nSPS) is 22.6. The summed E-state index contributed by atoms with van der Waals surface area (Å²) in [7, 11) is 1.55. The smallest absolute Gasteiger partial charge is 0.393 e. The molecule has 34 heavy (non-hydrogen) atoms. The van der Waals surface area contributed by atoms with Gasteiger partial charge in [0.1, 0.15) is 17.3 Å². The Balaban J connectivity index is 1.34. The molecule has 2 aromatic rings. The van der Waals surface area contributed by atoms with Gasteiger partial charge in [-0.3, -0.25) is 0 Å². The minimum Gasteiger partial charge on any atom is -0.497 e. The SMILES string of the molecule is COc1ccc(F)c(N2CC[C@H](COc3ccc(N4C[C@H](C(F)(F)F)C[C@@H]4CC#N)cc3)C2)c1. The van der Waals surface area contributed by atoms with Gasteiger partial charge in [-0.25, -0.2) is 4.39 Å². The molecule has 2 fully saturated rings. The molecular weight excluding hydrogens is 450 g/mol. The van der Waals surface area contributed by atoms with Crippen LogP contribution in [0.5, 0.6) is 11.5 Å². The summed E-state index contributed by atoms with van der Waals surface area (Å²) in [4.78, 5) is 3.65. The minimum absolute atomic E-state index is 0.0525. The first-order valence-corrected chi connectivity index (χ1v) is 11.3. The van der Waals surface area contributed by atoms with Crippen LogP contribution in [0.3, 0.4) is 0 Å². The maximum Gasteiger partial charge on any atom is 0.393 e. The molecule has 9 heteroatoms. The van der Waals surface area contributed by atoms with E-state index in [0.717, 1.165) is 6.42 Å². The standard InChI is InChI=1S/C25H27F4N3O2/c1-33-22-6-7-23(26)24(13-22)31-11-9-17(14-31)16-34-21-4-2-19(3-5-21)32-15-18(25(27,28)29)12-20(32)8-10-30/h2-7,13,17-18,20H,8-9,11-12,14-16H2,1H3/t17-,18+,20-/m0/s1. The average Bonchev–Trinajstić information content (AvgIpc) is 3.46. The van der Waals surface area contributed by atoms with Crippen LogP contribution in [0.2, 0.25) is 0 Å².